The molecule has 5 heteroatoms. The first-order valence-electron chi connectivity index (χ1n) is 7.43. The average molecular weight is 300 g/mol. The van der Waals surface area contributed by atoms with Gasteiger partial charge in [-0.05, 0) is 18.4 Å². The third kappa shape index (κ3) is 4.28. The highest BCUT2D eigenvalue weighted by Crippen LogP contribution is 2.18. The van der Waals surface area contributed by atoms with E-state index in [1.165, 1.54) is 24.8 Å². The van der Waals surface area contributed by atoms with Gasteiger partial charge in [0.25, 0.3) is 0 Å². The van der Waals surface area contributed by atoms with Crippen LogP contribution >= 0.6 is 0 Å². The second-order valence-corrected chi connectivity index (χ2v) is 5.25. The van der Waals surface area contributed by atoms with E-state index in [9.17, 15) is 4.79 Å². The lowest BCUT2D eigenvalue weighted by molar-refractivity contribution is -0.132. The number of aromatic nitrogens is 2. The number of rotatable bonds is 8. The Morgan fingerprint density at radius 3 is 2.64 bits per heavy atom. The number of carbonyl (C=O) groups is 1. The van der Waals surface area contributed by atoms with Gasteiger partial charge in [-0.1, -0.05) is 55.8 Å². The van der Waals surface area contributed by atoms with E-state index in [1.807, 2.05) is 12.1 Å². The Balaban J connectivity index is 2.01. The molecule has 5 nitrogen and oxygen atoms in total. The number of aliphatic carboxylic acids is 1. The molecule has 1 heterocycles. The number of nitrogens with zero attached hydrogens (tertiary/aromatic N) is 2. The van der Waals surface area contributed by atoms with Gasteiger partial charge in [0.2, 0.25) is 11.7 Å². The molecule has 116 valence electrons. The van der Waals surface area contributed by atoms with Crippen molar-refractivity contribution in [1.82, 2.24) is 10.1 Å². The van der Waals surface area contributed by atoms with Crippen LogP contribution in [0.15, 0.2) is 40.9 Å². The van der Waals surface area contributed by atoms with Crippen LogP contribution in [0.2, 0.25) is 0 Å². The fourth-order valence-electron chi connectivity index (χ4n) is 2.10. The normalized spacial score (nSPS) is 10.6. The molecule has 22 heavy (non-hydrogen) atoms. The maximum Gasteiger partial charge on any atom is 0.331 e. The molecule has 0 saturated carbocycles. The summed E-state index contributed by atoms with van der Waals surface area (Å²) in [6.45, 7) is 5.64. The monoisotopic (exact) mass is 300 g/mol. The van der Waals surface area contributed by atoms with E-state index in [0.717, 1.165) is 12.0 Å². The summed E-state index contributed by atoms with van der Waals surface area (Å²) in [4.78, 5) is 14.9. The van der Waals surface area contributed by atoms with Gasteiger partial charge in [-0.2, -0.15) is 4.98 Å². The smallest absolute Gasteiger partial charge is 0.331 e. The van der Waals surface area contributed by atoms with Gasteiger partial charge in [-0.25, -0.2) is 4.79 Å². The molecule has 1 N–H and O–H groups in total. The summed E-state index contributed by atoms with van der Waals surface area (Å²) in [6.07, 6.45) is 4.77. The van der Waals surface area contributed by atoms with Crippen molar-refractivity contribution in [1.29, 1.82) is 0 Å². The number of hydrogen-bond acceptors (Lipinski definition) is 4. The Bertz CT molecular complexity index is 644. The quantitative estimate of drug-likeness (QED) is 0.595. The van der Waals surface area contributed by atoms with Crippen LogP contribution in [-0.2, 0) is 17.6 Å². The lowest BCUT2D eigenvalue weighted by atomic mass is 10.1. The van der Waals surface area contributed by atoms with Crippen LogP contribution in [-0.4, -0.2) is 21.2 Å². The number of benzene rings is 1. The second kappa shape index (κ2) is 7.54. The molecule has 0 aliphatic rings. The zero-order valence-electron chi connectivity index (χ0n) is 12.7. The topological polar surface area (TPSA) is 76.2 Å². The molecule has 0 saturated heterocycles. The SMILES string of the molecule is C=C(Cc1nc(-c2ccc(CCCCC)cc2)no1)C(=O)O. The van der Waals surface area contributed by atoms with E-state index in [4.69, 9.17) is 9.63 Å². The number of carboxylic acids is 1. The van der Waals surface area contributed by atoms with Crippen LogP contribution in [0.4, 0.5) is 0 Å². The molecule has 0 atom stereocenters. The molecule has 0 aliphatic heterocycles. The van der Waals surface area contributed by atoms with Crippen LogP contribution in [0.25, 0.3) is 11.4 Å². The summed E-state index contributed by atoms with van der Waals surface area (Å²) in [7, 11) is 0. The highest BCUT2D eigenvalue weighted by atomic mass is 16.5. The van der Waals surface area contributed by atoms with Crippen molar-refractivity contribution < 1.29 is 14.4 Å². The largest absolute Gasteiger partial charge is 0.478 e. The molecular formula is C17H20N2O3. The molecule has 0 unspecified atom stereocenters. The van der Waals surface area contributed by atoms with Gasteiger partial charge in [0.05, 0.1) is 6.42 Å². The highest BCUT2D eigenvalue weighted by Gasteiger charge is 2.12. The number of carboxylic acid groups (broad SMARTS) is 1. The lowest BCUT2D eigenvalue weighted by Gasteiger charge is -2.01. The van der Waals surface area contributed by atoms with Crippen molar-refractivity contribution in [2.24, 2.45) is 0 Å². The number of unbranched alkanes of at least 4 members (excludes halogenated alkanes) is 2. The molecule has 0 bridgehead atoms. The summed E-state index contributed by atoms with van der Waals surface area (Å²) in [6, 6.07) is 8.05. The molecule has 0 radical (unpaired) electrons. The first kappa shape index (κ1) is 15.9. The summed E-state index contributed by atoms with van der Waals surface area (Å²) in [5.41, 5.74) is 2.18. The summed E-state index contributed by atoms with van der Waals surface area (Å²) >= 11 is 0. The van der Waals surface area contributed by atoms with E-state index in [-0.39, 0.29) is 17.9 Å². The van der Waals surface area contributed by atoms with Gasteiger partial charge in [0.15, 0.2) is 0 Å². The molecule has 0 spiro atoms. The van der Waals surface area contributed by atoms with Crippen molar-refractivity contribution in [2.75, 3.05) is 0 Å². The van der Waals surface area contributed by atoms with Crippen molar-refractivity contribution in [3.8, 4) is 11.4 Å². The van der Waals surface area contributed by atoms with E-state index < -0.39 is 5.97 Å². The van der Waals surface area contributed by atoms with Crippen molar-refractivity contribution in [3.05, 3.63) is 47.9 Å². The first-order valence-corrected chi connectivity index (χ1v) is 7.43. The molecule has 0 fully saturated rings. The fraction of sp³-hybridized carbons (Fsp3) is 0.353. The maximum absolute atomic E-state index is 10.7. The van der Waals surface area contributed by atoms with E-state index in [2.05, 4.69) is 35.8 Å². The minimum Gasteiger partial charge on any atom is -0.478 e. The minimum absolute atomic E-state index is 0.0291. The van der Waals surface area contributed by atoms with E-state index in [1.54, 1.807) is 0 Å². The Labute approximate surface area is 129 Å². The van der Waals surface area contributed by atoms with Gasteiger partial charge in [-0.15, -0.1) is 0 Å². The van der Waals surface area contributed by atoms with E-state index >= 15 is 0 Å². The van der Waals surface area contributed by atoms with Crippen LogP contribution in [0, 0.1) is 0 Å². The molecular weight excluding hydrogens is 280 g/mol. The van der Waals surface area contributed by atoms with Gasteiger partial charge in [-0.3, -0.25) is 0 Å². The van der Waals surface area contributed by atoms with Crippen LogP contribution in [0.5, 0.6) is 0 Å². The third-order valence-electron chi connectivity index (χ3n) is 3.42. The summed E-state index contributed by atoms with van der Waals surface area (Å²) < 4.78 is 5.06. The third-order valence-corrected chi connectivity index (χ3v) is 3.42. The molecule has 2 aromatic rings. The second-order valence-electron chi connectivity index (χ2n) is 5.25. The Morgan fingerprint density at radius 1 is 1.27 bits per heavy atom. The van der Waals surface area contributed by atoms with E-state index in [0.29, 0.717) is 5.82 Å². The molecule has 0 amide bonds. The lowest BCUT2D eigenvalue weighted by Crippen LogP contribution is -2.02. The standard InChI is InChI=1S/C17H20N2O3/c1-3-4-5-6-13-7-9-14(10-8-13)16-18-15(22-19-16)11-12(2)17(20)21/h7-10H,2-6,11H2,1H3,(H,20,21). The average Bonchev–Trinajstić information content (AvgIpc) is 2.96. The summed E-state index contributed by atoms with van der Waals surface area (Å²) in [5, 5.41) is 12.7. The molecule has 1 aromatic carbocycles. The molecule has 2 rings (SSSR count). The minimum atomic E-state index is -1.06. The number of aryl methyl sites for hydroxylation is 1. The first-order chi connectivity index (χ1) is 10.6. The predicted octanol–water partition coefficient (Wildman–Crippen LogP) is 3.65. The van der Waals surface area contributed by atoms with Crippen molar-refractivity contribution in [2.45, 2.75) is 39.0 Å². The molecule has 0 aliphatic carbocycles. The zero-order valence-corrected chi connectivity index (χ0v) is 12.7. The highest BCUT2D eigenvalue weighted by molar-refractivity contribution is 5.86. The fourth-order valence-corrected chi connectivity index (χ4v) is 2.10. The van der Waals surface area contributed by atoms with Crippen LogP contribution in [0.3, 0.4) is 0 Å². The molecule has 1 aromatic heterocycles. The maximum atomic E-state index is 10.7. The van der Waals surface area contributed by atoms with Gasteiger partial charge in [0, 0.05) is 11.1 Å². The Morgan fingerprint density at radius 2 is 2.00 bits per heavy atom. The van der Waals surface area contributed by atoms with Crippen LogP contribution < -0.4 is 0 Å². The van der Waals surface area contributed by atoms with Gasteiger partial charge >= 0.3 is 5.97 Å². The Hall–Kier alpha value is -2.43. The summed E-state index contributed by atoms with van der Waals surface area (Å²) in [5.74, 6) is -0.334. The zero-order chi connectivity index (χ0) is 15.9. The van der Waals surface area contributed by atoms with Gasteiger partial charge in [0.1, 0.15) is 0 Å². The van der Waals surface area contributed by atoms with Gasteiger partial charge < -0.3 is 9.63 Å². The van der Waals surface area contributed by atoms with Crippen molar-refractivity contribution in [3.63, 3.8) is 0 Å². The van der Waals surface area contributed by atoms with Crippen molar-refractivity contribution >= 4 is 5.97 Å². The predicted molar refractivity (Wildman–Crippen MR) is 83.4 cm³/mol. The van der Waals surface area contributed by atoms with Crippen LogP contribution in [0.1, 0.15) is 37.6 Å². The Kier molecular flexibility index (Phi) is 5.47. The number of hydrogen-bond donors (Lipinski definition) is 1.